The Bertz CT molecular complexity index is 1540. The van der Waals surface area contributed by atoms with Crippen molar-refractivity contribution in [2.24, 2.45) is 0 Å². The van der Waals surface area contributed by atoms with Gasteiger partial charge in [0.15, 0.2) is 0 Å². The summed E-state index contributed by atoms with van der Waals surface area (Å²) >= 11 is 0. The SMILES string of the molecule is Cl.Cl.O=C(O)CCC1=Cc2cc3ccc(cc4nc(cc5cc(CCC(=O)O)c(cc1n2)[nH]5)C=C4)[nH]3. The minimum absolute atomic E-state index is 0. The fraction of sp³-hybridized carbons (Fsp3) is 0.154. The minimum atomic E-state index is -0.874. The summed E-state index contributed by atoms with van der Waals surface area (Å²) in [5.74, 6) is -1.74. The van der Waals surface area contributed by atoms with Crippen molar-refractivity contribution in [2.75, 3.05) is 0 Å². The Kier molecular flexibility index (Phi) is 8.34. The molecule has 36 heavy (non-hydrogen) atoms. The number of carboxylic acids is 2. The summed E-state index contributed by atoms with van der Waals surface area (Å²) < 4.78 is 0. The van der Waals surface area contributed by atoms with Crippen molar-refractivity contribution in [1.82, 2.24) is 19.9 Å². The maximum atomic E-state index is 11.2. The summed E-state index contributed by atoms with van der Waals surface area (Å²) in [4.78, 5) is 38.5. The van der Waals surface area contributed by atoms with Crippen LogP contribution in [0.15, 0.2) is 42.5 Å². The van der Waals surface area contributed by atoms with Crippen LogP contribution in [0.2, 0.25) is 0 Å². The van der Waals surface area contributed by atoms with E-state index in [2.05, 4.69) is 15.0 Å². The zero-order valence-electron chi connectivity index (χ0n) is 19.0. The largest absolute Gasteiger partial charge is 0.481 e. The normalized spacial score (nSPS) is 11.8. The molecule has 0 radical (unpaired) electrons. The Morgan fingerprint density at radius 1 is 0.722 bits per heavy atom. The van der Waals surface area contributed by atoms with Crippen LogP contribution in [0.3, 0.4) is 0 Å². The number of allylic oxidation sites excluding steroid dienone is 1. The van der Waals surface area contributed by atoms with Crippen LogP contribution in [0.4, 0.5) is 0 Å². The Labute approximate surface area is 218 Å². The van der Waals surface area contributed by atoms with Crippen LogP contribution in [0.1, 0.15) is 47.6 Å². The molecule has 5 heterocycles. The number of nitrogens with one attached hydrogen (secondary N) is 2. The quantitative estimate of drug-likeness (QED) is 0.252. The van der Waals surface area contributed by atoms with Crippen molar-refractivity contribution in [3.8, 4) is 0 Å². The van der Waals surface area contributed by atoms with Gasteiger partial charge >= 0.3 is 11.9 Å². The van der Waals surface area contributed by atoms with Gasteiger partial charge in [0.1, 0.15) is 0 Å². The molecule has 10 heteroatoms. The number of carbonyl (C=O) groups is 2. The first-order valence-corrected chi connectivity index (χ1v) is 10.9. The van der Waals surface area contributed by atoms with E-state index in [0.717, 1.165) is 44.6 Å². The summed E-state index contributed by atoms with van der Waals surface area (Å²) in [6, 6.07) is 13.5. The molecular weight excluding hydrogens is 503 g/mol. The van der Waals surface area contributed by atoms with Crippen molar-refractivity contribution < 1.29 is 19.8 Å². The van der Waals surface area contributed by atoms with Gasteiger partial charge in [-0.15, -0.1) is 24.8 Å². The molecule has 4 N–H and O–H groups in total. The standard InChI is InChI=1S/C26H22N4O4.2ClH/c31-25(32)7-1-15-9-21-12-19-5-3-17(27-19)11-18-4-6-20(28-18)13-22-10-16(2-8-26(33)34)24(30-22)14-23(15)29-21;;/h3-6,9-14,27,30H,1-2,7-8H2,(H,31,32)(H,33,34);2*1H. The van der Waals surface area contributed by atoms with E-state index in [9.17, 15) is 19.8 Å². The lowest BCUT2D eigenvalue weighted by molar-refractivity contribution is -0.137. The number of aromatic nitrogens is 4. The van der Waals surface area contributed by atoms with E-state index in [0.29, 0.717) is 24.2 Å². The Morgan fingerprint density at radius 3 is 2.00 bits per heavy atom. The average molecular weight is 527 g/mol. The number of fused-ring (bicyclic) bond motifs is 8. The summed E-state index contributed by atoms with van der Waals surface area (Å²) in [6.45, 7) is 0. The Balaban J connectivity index is 0.00000180. The molecular formula is C26H24Cl2N4O4. The van der Waals surface area contributed by atoms with E-state index >= 15 is 0 Å². The monoisotopic (exact) mass is 526 g/mol. The molecule has 0 fully saturated rings. The Hall–Kier alpha value is -3.88. The van der Waals surface area contributed by atoms with E-state index in [1.54, 1.807) is 0 Å². The van der Waals surface area contributed by atoms with E-state index in [4.69, 9.17) is 4.98 Å². The molecule has 2 aliphatic rings. The van der Waals surface area contributed by atoms with E-state index in [-0.39, 0.29) is 37.7 Å². The molecule has 0 aromatic carbocycles. The first-order valence-electron chi connectivity index (χ1n) is 10.9. The highest BCUT2D eigenvalue weighted by molar-refractivity contribution is 5.87. The third kappa shape index (κ3) is 6.21. The number of halogens is 2. The Morgan fingerprint density at radius 2 is 1.33 bits per heavy atom. The van der Waals surface area contributed by atoms with E-state index in [1.807, 2.05) is 60.7 Å². The van der Waals surface area contributed by atoms with E-state index in [1.165, 1.54) is 0 Å². The molecule has 0 unspecified atom stereocenters. The van der Waals surface area contributed by atoms with Crippen molar-refractivity contribution >= 4 is 82.6 Å². The molecule has 0 atom stereocenters. The molecule has 0 spiro atoms. The highest BCUT2D eigenvalue weighted by atomic mass is 35.5. The van der Waals surface area contributed by atoms with Crippen LogP contribution in [0.25, 0.3) is 45.9 Å². The maximum absolute atomic E-state index is 11.2. The third-order valence-electron chi connectivity index (χ3n) is 5.68. The van der Waals surface area contributed by atoms with Gasteiger partial charge in [0.2, 0.25) is 0 Å². The number of aromatic amines is 2. The van der Waals surface area contributed by atoms with Gasteiger partial charge in [0.25, 0.3) is 0 Å². The summed E-state index contributed by atoms with van der Waals surface area (Å²) in [6.07, 6.45) is 6.46. The molecule has 8 bridgehead atoms. The van der Waals surface area contributed by atoms with Crippen LogP contribution in [-0.2, 0) is 16.0 Å². The lowest BCUT2D eigenvalue weighted by Crippen LogP contribution is -1.97. The molecule has 2 aliphatic heterocycles. The lowest BCUT2D eigenvalue weighted by Gasteiger charge is -2.00. The molecule has 0 amide bonds. The fourth-order valence-corrected chi connectivity index (χ4v) is 4.10. The molecule has 8 nitrogen and oxygen atoms in total. The molecule has 0 saturated carbocycles. The van der Waals surface area contributed by atoms with Crippen LogP contribution in [0, 0.1) is 0 Å². The minimum Gasteiger partial charge on any atom is -0.481 e. The smallest absolute Gasteiger partial charge is 0.303 e. The van der Waals surface area contributed by atoms with Gasteiger partial charge in [-0.05, 0) is 84.7 Å². The number of rotatable bonds is 6. The van der Waals surface area contributed by atoms with Crippen molar-refractivity contribution in [3.05, 3.63) is 70.8 Å². The third-order valence-corrected chi connectivity index (χ3v) is 5.68. The van der Waals surface area contributed by atoms with Gasteiger partial charge in [-0.25, -0.2) is 9.97 Å². The first kappa shape index (κ1) is 26.7. The van der Waals surface area contributed by atoms with Crippen LogP contribution in [0.5, 0.6) is 0 Å². The number of hydrogen-bond acceptors (Lipinski definition) is 4. The van der Waals surface area contributed by atoms with Crippen molar-refractivity contribution in [3.63, 3.8) is 0 Å². The van der Waals surface area contributed by atoms with E-state index < -0.39 is 11.9 Å². The highest BCUT2D eigenvalue weighted by Gasteiger charge is 2.13. The predicted octanol–water partition coefficient (Wildman–Crippen LogP) is 5.75. The number of hydrogen-bond donors (Lipinski definition) is 4. The summed E-state index contributed by atoms with van der Waals surface area (Å²) in [5.41, 5.74) is 7.98. The number of carboxylic acid groups (broad SMARTS) is 2. The molecule has 3 aromatic heterocycles. The number of nitrogens with zero attached hydrogens (tertiary/aromatic N) is 2. The zero-order valence-corrected chi connectivity index (χ0v) is 20.7. The lowest BCUT2D eigenvalue weighted by atomic mass is 10.1. The van der Waals surface area contributed by atoms with Crippen LogP contribution in [-0.4, -0.2) is 42.1 Å². The second-order valence-corrected chi connectivity index (χ2v) is 8.28. The second-order valence-electron chi connectivity index (χ2n) is 8.28. The van der Waals surface area contributed by atoms with Gasteiger partial charge in [-0.3, -0.25) is 9.59 Å². The van der Waals surface area contributed by atoms with Crippen LogP contribution < -0.4 is 0 Å². The number of aryl methyl sites for hydroxylation is 1. The second kappa shape index (κ2) is 11.2. The van der Waals surface area contributed by atoms with Gasteiger partial charge in [0, 0.05) is 34.9 Å². The van der Waals surface area contributed by atoms with Gasteiger partial charge in [-0.1, -0.05) is 0 Å². The van der Waals surface area contributed by atoms with Crippen molar-refractivity contribution in [1.29, 1.82) is 0 Å². The van der Waals surface area contributed by atoms with Crippen LogP contribution >= 0.6 is 24.8 Å². The molecule has 0 aliphatic carbocycles. The number of H-pyrrole nitrogens is 2. The van der Waals surface area contributed by atoms with Crippen molar-refractivity contribution in [2.45, 2.75) is 25.7 Å². The fourth-order valence-electron chi connectivity index (χ4n) is 4.10. The summed E-state index contributed by atoms with van der Waals surface area (Å²) in [5, 5.41) is 18.4. The number of aliphatic carboxylic acids is 2. The topological polar surface area (TPSA) is 132 Å². The zero-order chi connectivity index (χ0) is 23.7. The predicted molar refractivity (Wildman–Crippen MR) is 145 cm³/mol. The van der Waals surface area contributed by atoms with Gasteiger partial charge in [-0.2, -0.15) is 0 Å². The molecule has 186 valence electrons. The maximum Gasteiger partial charge on any atom is 0.303 e. The molecule has 0 saturated heterocycles. The molecule has 5 rings (SSSR count). The molecule has 3 aromatic rings. The highest BCUT2D eigenvalue weighted by Crippen LogP contribution is 2.28. The summed E-state index contributed by atoms with van der Waals surface area (Å²) in [7, 11) is 0. The average Bonchev–Trinajstić information content (AvgIpc) is 3.55. The van der Waals surface area contributed by atoms with Gasteiger partial charge < -0.3 is 20.2 Å². The first-order chi connectivity index (χ1) is 16.4. The van der Waals surface area contributed by atoms with Gasteiger partial charge in [0.05, 0.1) is 22.8 Å².